The van der Waals surface area contributed by atoms with E-state index >= 15 is 0 Å². The molecule has 33 heavy (non-hydrogen) atoms. The molecule has 0 spiro atoms. The molecule has 2 amide bonds. The van der Waals surface area contributed by atoms with Crippen LogP contribution in [0.15, 0.2) is 47.5 Å². The number of benzene rings is 1. The van der Waals surface area contributed by atoms with Crippen molar-refractivity contribution in [1.82, 2.24) is 4.98 Å². The Kier molecular flexibility index (Phi) is 8.21. The van der Waals surface area contributed by atoms with E-state index in [1.807, 2.05) is 4.90 Å². The third-order valence-corrected chi connectivity index (χ3v) is 5.92. The molecule has 1 aromatic heterocycles. The van der Waals surface area contributed by atoms with Gasteiger partial charge in [-0.25, -0.2) is 4.98 Å². The summed E-state index contributed by atoms with van der Waals surface area (Å²) in [6.45, 7) is 2.63. The van der Waals surface area contributed by atoms with E-state index in [-0.39, 0.29) is 5.92 Å². The van der Waals surface area contributed by atoms with E-state index < -0.39 is 29.6 Å². The summed E-state index contributed by atoms with van der Waals surface area (Å²) < 4.78 is 30.1. The highest BCUT2D eigenvalue weighted by molar-refractivity contribution is 7.99. The predicted octanol–water partition coefficient (Wildman–Crippen LogP) is 3.28. The molecular formula is C22H24F2N4O4S. The fourth-order valence-electron chi connectivity index (χ4n) is 3.35. The summed E-state index contributed by atoms with van der Waals surface area (Å²) >= 11 is 0.416. The minimum Gasteiger partial charge on any atom is -0.452 e. The lowest BCUT2D eigenvalue weighted by Gasteiger charge is -2.32. The largest absolute Gasteiger partial charge is 0.452 e. The topological polar surface area (TPSA) is 115 Å². The van der Waals surface area contributed by atoms with Crippen LogP contribution in [0.2, 0.25) is 0 Å². The lowest BCUT2D eigenvalue weighted by molar-refractivity contribution is -0.157. The van der Waals surface area contributed by atoms with Gasteiger partial charge in [0.2, 0.25) is 5.91 Å². The molecule has 1 saturated heterocycles. The highest BCUT2D eigenvalue weighted by atomic mass is 32.2. The average Bonchev–Trinajstić information content (AvgIpc) is 2.80. The molecule has 176 valence electrons. The van der Waals surface area contributed by atoms with E-state index in [0.29, 0.717) is 59.7 Å². The number of alkyl halides is 2. The van der Waals surface area contributed by atoms with Crippen molar-refractivity contribution in [3.05, 3.63) is 48.2 Å². The molecule has 0 aliphatic carbocycles. The first-order chi connectivity index (χ1) is 15.7. The standard InChI is InChI=1S/C22H24F2N4O4S/c1-13(20(30)27-16-3-5-17(6-4-16)33-22(23)24)32-21(31)14-8-10-28(11-9-14)18-7-2-15(12-26-18)19(25)29/h2-7,12-14,22H,8-11H2,1H3,(H2,25,29)(H,27,30). The molecule has 1 fully saturated rings. The molecule has 2 aromatic rings. The Balaban J connectivity index is 1.46. The van der Waals surface area contributed by atoms with Crippen LogP contribution in [0.3, 0.4) is 0 Å². The van der Waals surface area contributed by atoms with Gasteiger partial charge in [0.05, 0.1) is 11.5 Å². The number of primary amides is 1. The number of nitrogens with two attached hydrogens (primary N) is 1. The second-order valence-electron chi connectivity index (χ2n) is 7.50. The first-order valence-corrected chi connectivity index (χ1v) is 11.2. The van der Waals surface area contributed by atoms with Crippen molar-refractivity contribution in [2.24, 2.45) is 11.7 Å². The van der Waals surface area contributed by atoms with Crippen LogP contribution in [0.1, 0.15) is 30.1 Å². The van der Waals surface area contributed by atoms with Crippen molar-refractivity contribution >= 4 is 41.1 Å². The van der Waals surface area contributed by atoms with Gasteiger partial charge in [0.15, 0.2) is 6.10 Å². The number of amides is 2. The molecule has 2 heterocycles. The summed E-state index contributed by atoms with van der Waals surface area (Å²) in [5.74, 6) is -3.66. The molecule has 3 N–H and O–H groups in total. The molecule has 1 aliphatic heterocycles. The fraction of sp³-hybridized carbons (Fsp3) is 0.364. The lowest BCUT2D eigenvalue weighted by atomic mass is 9.97. The maximum atomic E-state index is 12.5. The number of carbonyl (C=O) groups excluding carboxylic acids is 3. The zero-order chi connectivity index (χ0) is 24.0. The molecular weight excluding hydrogens is 454 g/mol. The van der Waals surface area contributed by atoms with Crippen LogP contribution in [0, 0.1) is 5.92 Å². The molecule has 0 saturated carbocycles. The molecule has 1 aromatic carbocycles. The molecule has 1 atom stereocenters. The van der Waals surface area contributed by atoms with Gasteiger partial charge in [0.25, 0.3) is 11.7 Å². The first kappa shape index (κ1) is 24.4. The van der Waals surface area contributed by atoms with Gasteiger partial charge in [-0.15, -0.1) is 0 Å². The molecule has 0 bridgehead atoms. The zero-order valence-electron chi connectivity index (χ0n) is 17.9. The average molecular weight is 479 g/mol. The summed E-state index contributed by atoms with van der Waals surface area (Å²) in [6.07, 6.45) is 1.49. The SMILES string of the molecule is CC(OC(=O)C1CCN(c2ccc(C(N)=O)cn2)CC1)C(=O)Nc1ccc(SC(F)F)cc1. The van der Waals surface area contributed by atoms with Gasteiger partial charge >= 0.3 is 5.97 Å². The maximum absolute atomic E-state index is 12.5. The number of ether oxygens (including phenoxy) is 1. The number of thioether (sulfide) groups is 1. The Bertz CT molecular complexity index is 981. The van der Waals surface area contributed by atoms with Crippen LogP contribution in [-0.2, 0) is 14.3 Å². The first-order valence-electron chi connectivity index (χ1n) is 10.3. The van der Waals surface area contributed by atoms with E-state index in [1.165, 1.54) is 37.4 Å². The molecule has 8 nitrogen and oxygen atoms in total. The van der Waals surface area contributed by atoms with E-state index in [4.69, 9.17) is 10.5 Å². The Morgan fingerprint density at radius 2 is 1.82 bits per heavy atom. The number of carbonyl (C=O) groups is 3. The summed E-state index contributed by atoms with van der Waals surface area (Å²) in [7, 11) is 0. The van der Waals surface area contributed by atoms with E-state index in [0.717, 1.165) is 0 Å². The maximum Gasteiger partial charge on any atom is 0.309 e. The second kappa shape index (κ2) is 11.1. The molecule has 3 rings (SSSR count). The quantitative estimate of drug-likeness (QED) is 0.442. The number of hydrogen-bond acceptors (Lipinski definition) is 7. The molecule has 1 aliphatic rings. The highest BCUT2D eigenvalue weighted by Gasteiger charge is 2.29. The van der Waals surface area contributed by atoms with Crippen LogP contribution in [0.4, 0.5) is 20.3 Å². The van der Waals surface area contributed by atoms with Crippen molar-refractivity contribution in [2.45, 2.75) is 36.5 Å². The predicted molar refractivity (Wildman–Crippen MR) is 120 cm³/mol. The summed E-state index contributed by atoms with van der Waals surface area (Å²) in [5.41, 5.74) is 5.97. The fourth-order valence-corrected chi connectivity index (χ4v) is 3.85. The molecule has 11 heteroatoms. The third-order valence-electron chi connectivity index (χ3n) is 5.19. The van der Waals surface area contributed by atoms with Gasteiger partial charge < -0.3 is 20.7 Å². The van der Waals surface area contributed by atoms with Gasteiger partial charge in [-0.05, 0) is 56.2 Å². The third kappa shape index (κ3) is 6.88. The van der Waals surface area contributed by atoms with Gasteiger partial charge in [0.1, 0.15) is 5.82 Å². The van der Waals surface area contributed by atoms with Crippen molar-refractivity contribution in [3.8, 4) is 0 Å². The van der Waals surface area contributed by atoms with Crippen LogP contribution in [-0.4, -0.2) is 47.7 Å². The second-order valence-corrected chi connectivity index (χ2v) is 8.57. The Morgan fingerprint density at radius 3 is 2.36 bits per heavy atom. The number of piperidine rings is 1. The van der Waals surface area contributed by atoms with Crippen molar-refractivity contribution in [3.63, 3.8) is 0 Å². The van der Waals surface area contributed by atoms with Crippen LogP contribution in [0.5, 0.6) is 0 Å². The molecule has 0 radical (unpaired) electrons. The Hall–Kier alpha value is -3.21. The number of esters is 1. The van der Waals surface area contributed by atoms with E-state index in [9.17, 15) is 23.2 Å². The minimum absolute atomic E-state index is 0.326. The number of nitrogens with one attached hydrogen (secondary N) is 1. The highest BCUT2D eigenvalue weighted by Crippen LogP contribution is 2.26. The normalized spacial score (nSPS) is 15.2. The number of aromatic nitrogens is 1. The van der Waals surface area contributed by atoms with Gasteiger partial charge in [0, 0.05) is 29.9 Å². The van der Waals surface area contributed by atoms with Crippen LogP contribution < -0.4 is 16.0 Å². The number of halogens is 2. The smallest absolute Gasteiger partial charge is 0.309 e. The Morgan fingerprint density at radius 1 is 1.15 bits per heavy atom. The summed E-state index contributed by atoms with van der Waals surface area (Å²) in [4.78, 5) is 42.6. The Labute approximate surface area is 193 Å². The van der Waals surface area contributed by atoms with E-state index in [1.54, 1.807) is 12.1 Å². The van der Waals surface area contributed by atoms with Crippen molar-refractivity contribution < 1.29 is 27.9 Å². The number of anilines is 2. The van der Waals surface area contributed by atoms with Gasteiger partial charge in [-0.1, -0.05) is 11.8 Å². The number of hydrogen-bond donors (Lipinski definition) is 2. The van der Waals surface area contributed by atoms with Crippen molar-refractivity contribution in [2.75, 3.05) is 23.3 Å². The van der Waals surface area contributed by atoms with Crippen LogP contribution >= 0.6 is 11.8 Å². The zero-order valence-corrected chi connectivity index (χ0v) is 18.7. The minimum atomic E-state index is -2.52. The van der Waals surface area contributed by atoms with Crippen LogP contribution in [0.25, 0.3) is 0 Å². The van der Waals surface area contributed by atoms with Gasteiger partial charge in [-0.3, -0.25) is 14.4 Å². The van der Waals surface area contributed by atoms with Gasteiger partial charge in [-0.2, -0.15) is 8.78 Å². The number of rotatable bonds is 8. The summed E-state index contributed by atoms with van der Waals surface area (Å²) in [6, 6.07) is 9.30. The van der Waals surface area contributed by atoms with E-state index in [2.05, 4.69) is 10.3 Å². The van der Waals surface area contributed by atoms with Crippen molar-refractivity contribution in [1.29, 1.82) is 0 Å². The number of pyridine rings is 1. The monoisotopic (exact) mass is 478 g/mol. The number of nitrogens with zero attached hydrogens (tertiary/aromatic N) is 2. The molecule has 1 unspecified atom stereocenters. The summed E-state index contributed by atoms with van der Waals surface area (Å²) in [5, 5.41) is 2.61. The lowest BCUT2D eigenvalue weighted by Crippen LogP contribution is -2.39.